The predicted octanol–water partition coefficient (Wildman–Crippen LogP) is 4.48. The molecule has 0 unspecified atom stereocenters. The molecular formula is C28H33N5O2. The quantitative estimate of drug-likeness (QED) is 0.506. The lowest BCUT2D eigenvalue weighted by Gasteiger charge is -2.41. The summed E-state index contributed by atoms with van der Waals surface area (Å²) in [5.41, 5.74) is 3.82. The summed E-state index contributed by atoms with van der Waals surface area (Å²) in [6.07, 6.45) is 6.93. The van der Waals surface area contributed by atoms with Gasteiger partial charge in [0.15, 0.2) is 0 Å². The van der Waals surface area contributed by atoms with Crippen molar-refractivity contribution >= 4 is 22.4 Å². The fraction of sp³-hybridized carbons (Fsp3) is 0.464. The third kappa shape index (κ3) is 4.70. The Labute approximate surface area is 206 Å². The van der Waals surface area contributed by atoms with E-state index in [1.54, 1.807) is 30.9 Å². The number of ether oxygens (including phenoxy) is 1. The number of hydrogen-bond acceptors (Lipinski definition) is 6. The average Bonchev–Trinajstić information content (AvgIpc) is 3.73. The number of anilines is 2. The Morgan fingerprint density at radius 3 is 2.51 bits per heavy atom. The van der Waals surface area contributed by atoms with Crippen LogP contribution >= 0.6 is 0 Å². The van der Waals surface area contributed by atoms with Gasteiger partial charge in [-0.1, -0.05) is 6.07 Å². The van der Waals surface area contributed by atoms with E-state index in [9.17, 15) is 10.1 Å². The molecule has 2 heterocycles. The van der Waals surface area contributed by atoms with Crippen LogP contribution in [0.15, 0.2) is 47.3 Å². The van der Waals surface area contributed by atoms with Gasteiger partial charge in [-0.05, 0) is 68.7 Å². The normalized spacial score (nSPS) is 19.8. The van der Waals surface area contributed by atoms with Crippen molar-refractivity contribution in [2.24, 2.45) is 13.0 Å². The number of pyridine rings is 2. The van der Waals surface area contributed by atoms with Crippen LogP contribution in [0.5, 0.6) is 5.75 Å². The maximum Gasteiger partial charge on any atom is 0.252 e. The van der Waals surface area contributed by atoms with Gasteiger partial charge < -0.3 is 19.1 Å². The van der Waals surface area contributed by atoms with Crippen LogP contribution in [-0.4, -0.2) is 42.3 Å². The molecular weight excluding hydrogens is 438 g/mol. The Balaban J connectivity index is 1.37. The average molecular weight is 472 g/mol. The third-order valence-corrected chi connectivity index (χ3v) is 7.75. The second kappa shape index (κ2) is 9.61. The highest BCUT2D eigenvalue weighted by molar-refractivity contribution is 5.88. The van der Waals surface area contributed by atoms with Crippen LogP contribution in [0.1, 0.15) is 44.2 Å². The fourth-order valence-electron chi connectivity index (χ4n) is 5.43. The number of methoxy groups -OCH3 is 1. The Morgan fingerprint density at radius 2 is 1.83 bits per heavy atom. The maximum absolute atomic E-state index is 12.7. The van der Waals surface area contributed by atoms with Crippen molar-refractivity contribution in [3.63, 3.8) is 0 Å². The van der Waals surface area contributed by atoms with Crippen molar-refractivity contribution in [2.75, 3.05) is 30.5 Å². The Kier molecular flexibility index (Phi) is 6.38. The molecule has 2 saturated carbocycles. The van der Waals surface area contributed by atoms with Crippen molar-refractivity contribution in [1.29, 1.82) is 5.26 Å². The molecule has 0 aliphatic heterocycles. The number of aryl methyl sites for hydroxylation is 1. The molecule has 0 amide bonds. The minimum atomic E-state index is -0.0619. The Morgan fingerprint density at radius 1 is 1.09 bits per heavy atom. The smallest absolute Gasteiger partial charge is 0.252 e. The number of fused-ring (bicyclic) bond motifs is 1. The molecule has 0 saturated heterocycles. The van der Waals surface area contributed by atoms with E-state index in [-0.39, 0.29) is 5.56 Å². The molecule has 0 N–H and O–H groups in total. The van der Waals surface area contributed by atoms with Crippen LogP contribution in [0, 0.1) is 17.2 Å². The fourth-order valence-corrected chi connectivity index (χ4v) is 5.43. The van der Waals surface area contributed by atoms with Gasteiger partial charge >= 0.3 is 0 Å². The zero-order valence-corrected chi connectivity index (χ0v) is 20.8. The van der Waals surface area contributed by atoms with Gasteiger partial charge in [-0.2, -0.15) is 5.26 Å². The molecule has 0 bridgehead atoms. The number of benzene rings is 1. The minimum Gasteiger partial charge on any atom is -0.497 e. The van der Waals surface area contributed by atoms with Crippen LogP contribution in [0.4, 0.5) is 11.4 Å². The maximum atomic E-state index is 12.7. The first-order valence-corrected chi connectivity index (χ1v) is 12.5. The van der Waals surface area contributed by atoms with Crippen LogP contribution in [0.3, 0.4) is 0 Å². The van der Waals surface area contributed by atoms with Gasteiger partial charge in [0.05, 0.1) is 18.3 Å². The molecule has 7 nitrogen and oxygen atoms in total. The standard InChI is InChI=1S/C28H33N5O2/c1-31(26-16-27(34)32(2)25-14-9-20(17-29)30-28(25)26)21-10-12-22(13-11-21)33(18-19-7-8-19)23-5-4-6-24(15-23)35-3/h4-6,9,14-16,19,21-22H,7-8,10-13,18H2,1-3H3. The number of rotatable bonds is 7. The van der Waals surface area contributed by atoms with Crippen molar-refractivity contribution < 1.29 is 4.74 Å². The van der Waals surface area contributed by atoms with E-state index < -0.39 is 0 Å². The van der Waals surface area contributed by atoms with Crippen LogP contribution in [0.2, 0.25) is 0 Å². The lowest BCUT2D eigenvalue weighted by Crippen LogP contribution is -2.44. The molecule has 1 aromatic carbocycles. The van der Waals surface area contributed by atoms with E-state index in [1.165, 1.54) is 18.5 Å². The first-order chi connectivity index (χ1) is 17.0. The van der Waals surface area contributed by atoms with Gasteiger partial charge in [0, 0.05) is 50.5 Å². The Bertz CT molecular complexity index is 1320. The molecule has 2 aliphatic rings. The molecule has 2 aromatic heterocycles. The zero-order valence-electron chi connectivity index (χ0n) is 20.8. The summed E-state index contributed by atoms with van der Waals surface area (Å²) in [5.74, 6) is 1.70. The van der Waals surface area contributed by atoms with Gasteiger partial charge in [0.1, 0.15) is 23.0 Å². The van der Waals surface area contributed by atoms with Crippen molar-refractivity contribution in [1.82, 2.24) is 9.55 Å². The van der Waals surface area contributed by atoms with E-state index in [0.29, 0.717) is 23.3 Å². The van der Waals surface area contributed by atoms with Gasteiger partial charge in [-0.15, -0.1) is 0 Å². The van der Waals surface area contributed by atoms with Crippen LogP contribution in [-0.2, 0) is 7.05 Å². The molecule has 0 spiro atoms. The SMILES string of the molecule is COc1cccc(N(CC2CC2)C2CCC(N(C)c3cc(=O)n(C)c4ccc(C#N)nc34)CC2)c1. The van der Waals surface area contributed by atoms with Crippen LogP contribution < -0.4 is 20.1 Å². The van der Waals surface area contributed by atoms with Crippen molar-refractivity contribution in [3.05, 3.63) is 58.5 Å². The highest BCUT2D eigenvalue weighted by Crippen LogP contribution is 2.37. The molecule has 5 rings (SSSR count). The molecule has 0 atom stereocenters. The first-order valence-electron chi connectivity index (χ1n) is 12.5. The number of aromatic nitrogens is 2. The molecule has 0 radical (unpaired) electrons. The summed E-state index contributed by atoms with van der Waals surface area (Å²) in [6, 6.07) is 16.5. The highest BCUT2D eigenvalue weighted by atomic mass is 16.5. The number of hydrogen-bond donors (Lipinski definition) is 0. The highest BCUT2D eigenvalue weighted by Gasteiger charge is 2.32. The van der Waals surface area contributed by atoms with E-state index in [2.05, 4.69) is 46.1 Å². The van der Waals surface area contributed by atoms with Gasteiger partial charge in [0.2, 0.25) is 0 Å². The minimum absolute atomic E-state index is 0.0619. The Hall–Kier alpha value is -3.53. The lowest BCUT2D eigenvalue weighted by atomic mass is 9.88. The van der Waals surface area contributed by atoms with E-state index in [0.717, 1.165) is 55.1 Å². The van der Waals surface area contributed by atoms with Gasteiger partial charge in [-0.3, -0.25) is 4.79 Å². The number of nitriles is 1. The molecule has 2 aliphatic carbocycles. The predicted molar refractivity (Wildman–Crippen MR) is 139 cm³/mol. The molecule has 182 valence electrons. The van der Waals surface area contributed by atoms with E-state index in [1.807, 2.05) is 12.1 Å². The van der Waals surface area contributed by atoms with Gasteiger partial charge in [-0.25, -0.2) is 4.98 Å². The topological polar surface area (TPSA) is 74.4 Å². The largest absolute Gasteiger partial charge is 0.497 e. The second-order valence-corrected chi connectivity index (χ2v) is 9.97. The molecule has 2 fully saturated rings. The summed E-state index contributed by atoms with van der Waals surface area (Å²) in [6.45, 7) is 1.11. The van der Waals surface area contributed by atoms with Crippen molar-refractivity contribution in [3.8, 4) is 11.8 Å². The zero-order chi connectivity index (χ0) is 24.5. The summed E-state index contributed by atoms with van der Waals surface area (Å²) in [7, 11) is 5.53. The van der Waals surface area contributed by atoms with E-state index in [4.69, 9.17) is 4.74 Å². The van der Waals surface area contributed by atoms with Crippen LogP contribution in [0.25, 0.3) is 11.0 Å². The monoisotopic (exact) mass is 471 g/mol. The lowest BCUT2D eigenvalue weighted by molar-refractivity contribution is 0.364. The summed E-state index contributed by atoms with van der Waals surface area (Å²) < 4.78 is 7.09. The van der Waals surface area contributed by atoms with Gasteiger partial charge in [0.25, 0.3) is 5.56 Å². The summed E-state index contributed by atoms with van der Waals surface area (Å²) >= 11 is 0. The second-order valence-electron chi connectivity index (χ2n) is 9.97. The molecule has 3 aromatic rings. The van der Waals surface area contributed by atoms with Crippen molar-refractivity contribution in [2.45, 2.75) is 50.6 Å². The third-order valence-electron chi connectivity index (χ3n) is 7.75. The summed E-state index contributed by atoms with van der Waals surface area (Å²) in [5, 5.41) is 9.37. The summed E-state index contributed by atoms with van der Waals surface area (Å²) in [4.78, 5) is 22.1. The number of nitrogens with zero attached hydrogens (tertiary/aromatic N) is 5. The molecule has 35 heavy (non-hydrogen) atoms. The first kappa shape index (κ1) is 23.2. The van der Waals surface area contributed by atoms with E-state index >= 15 is 0 Å². The molecule has 7 heteroatoms.